The number of anilines is 1. The van der Waals surface area contributed by atoms with Crippen LogP contribution in [0.25, 0.3) is 27.7 Å². The topological polar surface area (TPSA) is 162 Å². The molecule has 13 heteroatoms. The van der Waals surface area contributed by atoms with E-state index in [1.54, 1.807) is 18.3 Å². The molecule has 0 spiro atoms. The first-order chi connectivity index (χ1) is 16.8. The molecule has 0 radical (unpaired) electrons. The van der Waals surface area contributed by atoms with E-state index in [9.17, 15) is 14.4 Å². The van der Waals surface area contributed by atoms with Crippen molar-refractivity contribution in [1.29, 1.82) is 0 Å². The highest BCUT2D eigenvalue weighted by molar-refractivity contribution is 6.37. The number of nitrogen functional groups attached to an aromatic ring is 1. The summed E-state index contributed by atoms with van der Waals surface area (Å²) in [6, 6.07) is 13.2. The maximum atomic E-state index is 12.1. The highest BCUT2D eigenvalue weighted by Crippen LogP contribution is 2.40. The van der Waals surface area contributed by atoms with E-state index in [0.717, 1.165) is 15.6 Å². The van der Waals surface area contributed by atoms with E-state index in [1.807, 2.05) is 23.2 Å². The Bertz CT molecular complexity index is 1770. The van der Waals surface area contributed by atoms with Crippen molar-refractivity contribution in [3.05, 3.63) is 96.0 Å². The molecule has 0 unspecified atom stereocenters. The number of hydrogen-bond donors (Lipinski definition) is 3. The third-order valence-corrected chi connectivity index (χ3v) is 5.53. The lowest BCUT2D eigenvalue weighted by Crippen LogP contribution is -2.33. The summed E-state index contributed by atoms with van der Waals surface area (Å²) in [5.74, 6) is -0.358. The zero-order valence-electron chi connectivity index (χ0n) is 17.5. The number of aromatic amines is 2. The van der Waals surface area contributed by atoms with Crippen molar-refractivity contribution in [1.82, 2.24) is 29.9 Å². The average Bonchev–Trinajstić information content (AvgIpc) is 2.84. The zero-order valence-corrected chi connectivity index (χ0v) is 19.0. The van der Waals surface area contributed by atoms with Crippen LogP contribution in [0.3, 0.4) is 0 Å². The molecule has 174 valence electrons. The standard InChI is InChI=1S/C22H13Cl2N7O4/c23-14-7-12(31-22(34)27-20(33)19(25)30-31)8-15(24)18(14)35-21-13(9-17(32)28-29-21)10-3-4-16-11(6-10)2-1-5-26-16/h1-9H,(H2,25,30)(H,28,32)(H,27,33,34). The molecule has 11 nitrogen and oxygen atoms in total. The van der Waals surface area contributed by atoms with Crippen molar-refractivity contribution in [3.63, 3.8) is 0 Å². The Hall–Kier alpha value is -4.48. The van der Waals surface area contributed by atoms with Crippen molar-refractivity contribution in [2.24, 2.45) is 0 Å². The summed E-state index contributed by atoms with van der Waals surface area (Å²) in [7, 11) is 0. The Morgan fingerprint density at radius 2 is 1.77 bits per heavy atom. The van der Waals surface area contributed by atoms with Gasteiger partial charge in [0.05, 0.1) is 26.8 Å². The van der Waals surface area contributed by atoms with Crippen molar-refractivity contribution in [2.45, 2.75) is 0 Å². The molecule has 5 aromatic rings. The Kier molecular flexibility index (Phi) is 5.55. The number of nitrogens with two attached hydrogens (primary N) is 1. The van der Waals surface area contributed by atoms with Gasteiger partial charge in [0, 0.05) is 17.6 Å². The fourth-order valence-corrected chi connectivity index (χ4v) is 3.92. The van der Waals surface area contributed by atoms with Gasteiger partial charge in [0.2, 0.25) is 11.7 Å². The predicted molar refractivity (Wildman–Crippen MR) is 131 cm³/mol. The van der Waals surface area contributed by atoms with Gasteiger partial charge >= 0.3 is 5.69 Å². The Morgan fingerprint density at radius 1 is 1.00 bits per heavy atom. The Balaban J connectivity index is 1.58. The quantitative estimate of drug-likeness (QED) is 0.333. The number of nitrogens with zero attached hydrogens (tertiary/aromatic N) is 4. The van der Waals surface area contributed by atoms with Gasteiger partial charge in [0.25, 0.3) is 11.1 Å². The van der Waals surface area contributed by atoms with Crippen molar-refractivity contribution in [3.8, 4) is 28.4 Å². The van der Waals surface area contributed by atoms with Gasteiger partial charge in [0.1, 0.15) is 0 Å². The van der Waals surface area contributed by atoms with Gasteiger partial charge in [0.15, 0.2) is 5.75 Å². The van der Waals surface area contributed by atoms with Gasteiger partial charge < -0.3 is 10.5 Å². The molecule has 35 heavy (non-hydrogen) atoms. The van der Waals surface area contributed by atoms with Gasteiger partial charge in [-0.25, -0.2) is 9.89 Å². The van der Waals surface area contributed by atoms with Crippen LogP contribution in [0.5, 0.6) is 11.6 Å². The second kappa shape index (κ2) is 8.70. The number of halogens is 2. The van der Waals surface area contributed by atoms with Gasteiger partial charge in [-0.15, -0.1) is 10.2 Å². The minimum absolute atomic E-state index is 0.00707. The van der Waals surface area contributed by atoms with E-state index < -0.39 is 22.6 Å². The molecule has 5 rings (SSSR count). The number of hydrogen-bond acceptors (Lipinski definition) is 8. The number of ether oxygens (including phenoxy) is 1. The number of aromatic nitrogens is 6. The van der Waals surface area contributed by atoms with Crippen LogP contribution in [-0.2, 0) is 0 Å². The van der Waals surface area contributed by atoms with Crippen LogP contribution >= 0.6 is 23.2 Å². The molecule has 3 heterocycles. The maximum absolute atomic E-state index is 12.1. The van der Waals surface area contributed by atoms with Crippen LogP contribution < -0.4 is 27.3 Å². The van der Waals surface area contributed by atoms with Crippen LogP contribution in [0.1, 0.15) is 0 Å². The monoisotopic (exact) mass is 509 g/mol. The van der Waals surface area contributed by atoms with Crippen molar-refractivity contribution < 1.29 is 4.74 Å². The summed E-state index contributed by atoms with van der Waals surface area (Å²) in [4.78, 5) is 42.0. The normalized spacial score (nSPS) is 11.0. The fraction of sp³-hybridized carbons (Fsp3) is 0. The van der Waals surface area contributed by atoms with Gasteiger partial charge in [-0.3, -0.25) is 19.6 Å². The summed E-state index contributed by atoms with van der Waals surface area (Å²) in [6.45, 7) is 0. The van der Waals surface area contributed by atoms with Gasteiger partial charge in [-0.1, -0.05) is 35.3 Å². The van der Waals surface area contributed by atoms with E-state index in [1.165, 1.54) is 18.2 Å². The minimum Gasteiger partial charge on any atom is -0.434 e. The number of fused-ring (bicyclic) bond motifs is 1. The molecular weight excluding hydrogens is 497 g/mol. The summed E-state index contributed by atoms with van der Waals surface area (Å²) in [5.41, 5.74) is 5.39. The number of benzene rings is 2. The molecule has 0 aliphatic heterocycles. The molecule has 2 aromatic carbocycles. The van der Waals surface area contributed by atoms with E-state index >= 15 is 0 Å². The number of H-pyrrole nitrogens is 2. The molecule has 0 aliphatic rings. The van der Waals surface area contributed by atoms with E-state index in [-0.39, 0.29) is 27.4 Å². The second-order valence-electron chi connectivity index (χ2n) is 7.26. The lowest BCUT2D eigenvalue weighted by Gasteiger charge is -2.14. The SMILES string of the molecule is Nc1nn(-c2cc(Cl)c(Oc3n[nH]c(=O)cc3-c3ccc4ncccc4c3)c(Cl)c2)c(=O)[nH]c1=O. The lowest BCUT2D eigenvalue weighted by molar-refractivity contribution is 0.456. The Labute approximate surface area is 204 Å². The average molecular weight is 510 g/mol. The summed E-state index contributed by atoms with van der Waals surface area (Å²) >= 11 is 12.8. The van der Waals surface area contributed by atoms with Crippen LogP contribution in [0.4, 0.5) is 5.82 Å². The fourth-order valence-electron chi connectivity index (χ4n) is 3.37. The zero-order chi connectivity index (χ0) is 24.7. The molecular formula is C22H13Cl2N7O4. The van der Waals surface area contributed by atoms with Gasteiger partial charge in [-0.05, 0) is 35.9 Å². The molecule has 4 N–H and O–H groups in total. The Morgan fingerprint density at radius 3 is 2.54 bits per heavy atom. The number of nitrogens with one attached hydrogen (secondary N) is 2. The molecule has 0 bridgehead atoms. The molecule has 0 saturated heterocycles. The molecule has 0 atom stereocenters. The van der Waals surface area contributed by atoms with Crippen molar-refractivity contribution in [2.75, 3.05) is 5.73 Å². The van der Waals surface area contributed by atoms with E-state index in [4.69, 9.17) is 33.7 Å². The minimum atomic E-state index is -0.833. The van der Waals surface area contributed by atoms with E-state index in [0.29, 0.717) is 11.1 Å². The highest BCUT2D eigenvalue weighted by atomic mass is 35.5. The molecule has 0 saturated carbocycles. The molecule has 0 amide bonds. The third kappa shape index (κ3) is 4.25. The van der Waals surface area contributed by atoms with Crippen LogP contribution in [0.2, 0.25) is 10.0 Å². The van der Waals surface area contributed by atoms with Crippen LogP contribution in [-0.4, -0.2) is 29.9 Å². The first-order valence-electron chi connectivity index (χ1n) is 9.91. The number of rotatable bonds is 4. The first-order valence-corrected chi connectivity index (χ1v) is 10.7. The van der Waals surface area contributed by atoms with Gasteiger partial charge in [-0.2, -0.15) is 4.68 Å². The summed E-state index contributed by atoms with van der Waals surface area (Å²) in [5, 5.41) is 11.0. The highest BCUT2D eigenvalue weighted by Gasteiger charge is 2.18. The number of pyridine rings is 1. The molecule has 0 aliphatic carbocycles. The second-order valence-corrected chi connectivity index (χ2v) is 8.07. The largest absolute Gasteiger partial charge is 0.434 e. The lowest BCUT2D eigenvalue weighted by atomic mass is 10.0. The van der Waals surface area contributed by atoms with Crippen LogP contribution in [0.15, 0.2) is 69.1 Å². The first kappa shape index (κ1) is 22.3. The predicted octanol–water partition coefficient (Wildman–Crippen LogP) is 2.90. The molecule has 3 aromatic heterocycles. The van der Waals surface area contributed by atoms with Crippen molar-refractivity contribution >= 4 is 39.9 Å². The smallest absolute Gasteiger partial charge is 0.349 e. The summed E-state index contributed by atoms with van der Waals surface area (Å²) in [6.07, 6.45) is 1.68. The van der Waals surface area contributed by atoms with Crippen LogP contribution in [0, 0.1) is 0 Å². The molecule has 0 fully saturated rings. The maximum Gasteiger partial charge on any atom is 0.349 e. The third-order valence-electron chi connectivity index (χ3n) is 4.97. The van der Waals surface area contributed by atoms with E-state index in [2.05, 4.69) is 20.3 Å². The summed E-state index contributed by atoms with van der Waals surface area (Å²) < 4.78 is 6.74.